The summed E-state index contributed by atoms with van der Waals surface area (Å²) in [7, 11) is 0. The summed E-state index contributed by atoms with van der Waals surface area (Å²) in [4.78, 5) is 12.9. The summed E-state index contributed by atoms with van der Waals surface area (Å²) in [6, 6.07) is 18.5. The van der Waals surface area contributed by atoms with E-state index in [9.17, 15) is 4.79 Å². The fourth-order valence-electron chi connectivity index (χ4n) is 3.99. The van der Waals surface area contributed by atoms with Gasteiger partial charge in [0.2, 0.25) is 5.91 Å². The Bertz CT molecular complexity index is 783. The van der Waals surface area contributed by atoms with Crippen LogP contribution in [0.1, 0.15) is 64.0 Å². The maximum atomic E-state index is 12.9. The van der Waals surface area contributed by atoms with E-state index in [-0.39, 0.29) is 29.6 Å². The molecule has 2 atom stereocenters. The molecule has 0 spiro atoms. The third-order valence-electron chi connectivity index (χ3n) is 5.31. The zero-order valence-electron chi connectivity index (χ0n) is 18.0. The highest BCUT2D eigenvalue weighted by Gasteiger charge is 2.30. The Morgan fingerprint density at radius 3 is 2.38 bits per heavy atom. The van der Waals surface area contributed by atoms with Crippen molar-refractivity contribution in [2.24, 2.45) is 0 Å². The second-order valence-corrected chi connectivity index (χ2v) is 8.77. The Kier molecular flexibility index (Phi) is 6.96. The predicted molar refractivity (Wildman–Crippen MR) is 116 cm³/mol. The van der Waals surface area contributed by atoms with Crippen molar-refractivity contribution in [3.05, 3.63) is 65.7 Å². The summed E-state index contributed by atoms with van der Waals surface area (Å²) in [6.45, 7) is 8.89. The second kappa shape index (κ2) is 9.45. The van der Waals surface area contributed by atoms with Crippen LogP contribution in [0.15, 0.2) is 54.6 Å². The van der Waals surface area contributed by atoms with Gasteiger partial charge in [0.1, 0.15) is 5.75 Å². The number of amides is 1. The normalized spacial score (nSPS) is 19.6. The first kappa shape index (κ1) is 21.4. The van der Waals surface area contributed by atoms with E-state index in [4.69, 9.17) is 9.47 Å². The number of hydrogen-bond donors (Lipinski definition) is 1. The summed E-state index contributed by atoms with van der Waals surface area (Å²) in [5, 5.41) is 3.24. The second-order valence-electron chi connectivity index (χ2n) is 8.77. The molecule has 1 aliphatic rings. The molecule has 3 rings (SSSR count). The zero-order chi connectivity index (χ0) is 20.9. The first-order valence-corrected chi connectivity index (χ1v) is 10.6. The standard InChI is InChI=1S/C25H33NO3/c1-18(2)29-22-12-10-20(11-13-22)23(19-8-6-5-7-9-19)16-24(27)26-21-14-15-28-25(3,4)17-21/h5-13,18,21,23H,14-17H2,1-4H3,(H,26,27)/t21-,23-/m0/s1. The summed E-state index contributed by atoms with van der Waals surface area (Å²) >= 11 is 0. The molecule has 4 nitrogen and oxygen atoms in total. The van der Waals surface area contributed by atoms with Gasteiger partial charge in [0, 0.05) is 25.0 Å². The number of nitrogens with one attached hydrogen (secondary N) is 1. The van der Waals surface area contributed by atoms with Gasteiger partial charge in [0.05, 0.1) is 11.7 Å². The summed E-state index contributed by atoms with van der Waals surface area (Å²) in [5.41, 5.74) is 2.09. The van der Waals surface area contributed by atoms with E-state index < -0.39 is 0 Å². The monoisotopic (exact) mass is 395 g/mol. The highest BCUT2D eigenvalue weighted by atomic mass is 16.5. The van der Waals surface area contributed by atoms with E-state index in [0.29, 0.717) is 13.0 Å². The van der Waals surface area contributed by atoms with E-state index in [1.165, 1.54) is 0 Å². The van der Waals surface area contributed by atoms with Crippen LogP contribution in [0.25, 0.3) is 0 Å². The molecular formula is C25H33NO3. The largest absolute Gasteiger partial charge is 0.491 e. The number of hydrogen-bond acceptors (Lipinski definition) is 3. The number of carbonyl (C=O) groups excluding carboxylic acids is 1. The molecule has 0 saturated carbocycles. The van der Waals surface area contributed by atoms with Crippen molar-refractivity contribution in [1.82, 2.24) is 5.32 Å². The third kappa shape index (κ3) is 6.33. The SMILES string of the molecule is CC(C)Oc1ccc([C@@H](CC(=O)N[C@H]2CCOC(C)(C)C2)c2ccccc2)cc1. The number of carbonyl (C=O) groups is 1. The van der Waals surface area contributed by atoms with Crippen molar-refractivity contribution in [3.8, 4) is 5.75 Å². The lowest BCUT2D eigenvalue weighted by Crippen LogP contribution is -2.46. The molecule has 2 aromatic carbocycles. The van der Waals surface area contributed by atoms with Crippen LogP contribution in [0.4, 0.5) is 0 Å². The molecule has 2 aromatic rings. The molecular weight excluding hydrogens is 362 g/mol. The van der Waals surface area contributed by atoms with Crippen LogP contribution >= 0.6 is 0 Å². The predicted octanol–water partition coefficient (Wildman–Crippen LogP) is 5.07. The van der Waals surface area contributed by atoms with Crippen LogP contribution < -0.4 is 10.1 Å². The van der Waals surface area contributed by atoms with Crippen molar-refractivity contribution >= 4 is 5.91 Å². The highest BCUT2D eigenvalue weighted by Crippen LogP contribution is 2.30. The van der Waals surface area contributed by atoms with Gasteiger partial charge in [0.15, 0.2) is 0 Å². The number of benzene rings is 2. The van der Waals surface area contributed by atoms with E-state index in [2.05, 4.69) is 43.4 Å². The van der Waals surface area contributed by atoms with Crippen LogP contribution in [-0.2, 0) is 9.53 Å². The average Bonchev–Trinajstić information content (AvgIpc) is 2.66. The maximum absolute atomic E-state index is 12.9. The summed E-state index contributed by atoms with van der Waals surface area (Å²) < 4.78 is 11.5. The molecule has 1 N–H and O–H groups in total. The minimum absolute atomic E-state index is 0.0113. The highest BCUT2D eigenvalue weighted by molar-refractivity contribution is 5.78. The van der Waals surface area contributed by atoms with Gasteiger partial charge in [0.25, 0.3) is 0 Å². The summed E-state index contributed by atoms with van der Waals surface area (Å²) in [6.07, 6.45) is 2.27. The molecule has 0 bridgehead atoms. The Morgan fingerprint density at radius 2 is 1.76 bits per heavy atom. The molecule has 1 saturated heterocycles. The van der Waals surface area contributed by atoms with Gasteiger partial charge in [-0.3, -0.25) is 4.79 Å². The third-order valence-corrected chi connectivity index (χ3v) is 5.31. The Morgan fingerprint density at radius 1 is 1.10 bits per heavy atom. The molecule has 156 valence electrons. The molecule has 1 aliphatic heterocycles. The van der Waals surface area contributed by atoms with Gasteiger partial charge < -0.3 is 14.8 Å². The first-order valence-electron chi connectivity index (χ1n) is 10.6. The smallest absolute Gasteiger partial charge is 0.221 e. The molecule has 1 heterocycles. The van der Waals surface area contributed by atoms with Crippen molar-refractivity contribution in [3.63, 3.8) is 0 Å². The van der Waals surface area contributed by atoms with E-state index in [1.54, 1.807) is 0 Å². The van der Waals surface area contributed by atoms with Gasteiger partial charge in [-0.2, -0.15) is 0 Å². The molecule has 1 amide bonds. The Labute approximate surface area is 174 Å². The summed E-state index contributed by atoms with van der Waals surface area (Å²) in [5.74, 6) is 0.950. The van der Waals surface area contributed by atoms with Crippen LogP contribution in [0.2, 0.25) is 0 Å². The first-order chi connectivity index (χ1) is 13.8. The van der Waals surface area contributed by atoms with Crippen molar-refractivity contribution in [1.29, 1.82) is 0 Å². The van der Waals surface area contributed by atoms with Crippen molar-refractivity contribution in [2.75, 3.05) is 6.61 Å². The van der Waals surface area contributed by atoms with E-state index in [0.717, 1.165) is 29.7 Å². The minimum atomic E-state index is -0.179. The number of ether oxygens (including phenoxy) is 2. The van der Waals surface area contributed by atoms with Gasteiger partial charge in [-0.1, -0.05) is 42.5 Å². The van der Waals surface area contributed by atoms with Crippen molar-refractivity contribution < 1.29 is 14.3 Å². The van der Waals surface area contributed by atoms with Gasteiger partial charge in [-0.05, 0) is 63.8 Å². The maximum Gasteiger partial charge on any atom is 0.221 e. The zero-order valence-corrected chi connectivity index (χ0v) is 18.0. The van der Waals surface area contributed by atoms with Crippen LogP contribution in [0, 0.1) is 0 Å². The van der Waals surface area contributed by atoms with Crippen molar-refractivity contribution in [2.45, 2.75) is 70.6 Å². The lowest BCUT2D eigenvalue weighted by atomic mass is 9.87. The Hall–Kier alpha value is -2.33. The van der Waals surface area contributed by atoms with Gasteiger partial charge in [-0.15, -0.1) is 0 Å². The molecule has 4 heteroatoms. The van der Waals surface area contributed by atoms with Crippen LogP contribution in [-0.4, -0.2) is 30.3 Å². The molecule has 0 radical (unpaired) electrons. The molecule has 29 heavy (non-hydrogen) atoms. The quantitative estimate of drug-likeness (QED) is 0.712. The molecule has 0 unspecified atom stereocenters. The van der Waals surface area contributed by atoms with Gasteiger partial charge >= 0.3 is 0 Å². The Balaban J connectivity index is 1.73. The minimum Gasteiger partial charge on any atom is -0.491 e. The fraction of sp³-hybridized carbons (Fsp3) is 0.480. The topological polar surface area (TPSA) is 47.6 Å². The lowest BCUT2D eigenvalue weighted by Gasteiger charge is -2.36. The molecule has 1 fully saturated rings. The van der Waals surface area contributed by atoms with Gasteiger partial charge in [-0.25, -0.2) is 0 Å². The van der Waals surface area contributed by atoms with E-state index in [1.807, 2.05) is 44.2 Å². The number of rotatable bonds is 7. The molecule has 0 aromatic heterocycles. The fourth-order valence-corrected chi connectivity index (χ4v) is 3.99. The average molecular weight is 396 g/mol. The van der Waals surface area contributed by atoms with Crippen LogP contribution in [0.5, 0.6) is 5.75 Å². The molecule has 0 aliphatic carbocycles. The lowest BCUT2D eigenvalue weighted by molar-refractivity contribution is -0.124. The van der Waals surface area contributed by atoms with Crippen LogP contribution in [0.3, 0.4) is 0 Å². The van der Waals surface area contributed by atoms with E-state index >= 15 is 0 Å².